The topological polar surface area (TPSA) is 88.7 Å². The lowest BCUT2D eigenvalue weighted by Gasteiger charge is -2.37. The summed E-state index contributed by atoms with van der Waals surface area (Å²) in [6, 6.07) is 7.97. The summed E-state index contributed by atoms with van der Waals surface area (Å²) in [6.45, 7) is 6.99. The maximum atomic E-state index is 13.9. The lowest BCUT2D eigenvalue weighted by Crippen LogP contribution is -2.42. The third-order valence-electron chi connectivity index (χ3n) is 9.14. The number of rotatable bonds is 7. The van der Waals surface area contributed by atoms with Crippen LogP contribution in [0.1, 0.15) is 77.5 Å². The lowest BCUT2D eigenvalue weighted by molar-refractivity contribution is -0.124. The lowest BCUT2D eigenvalue weighted by atomic mass is 9.72. The largest absolute Gasteiger partial charge is 0.501 e. The molecule has 39 heavy (non-hydrogen) atoms. The number of aliphatic hydroxyl groups is 1. The van der Waals surface area contributed by atoms with Crippen molar-refractivity contribution < 1.29 is 19.2 Å². The van der Waals surface area contributed by atoms with E-state index in [1.807, 2.05) is 29.2 Å². The molecule has 1 amide bonds. The summed E-state index contributed by atoms with van der Waals surface area (Å²) in [5, 5.41) is 14.1. The van der Waals surface area contributed by atoms with Gasteiger partial charge in [0.1, 0.15) is 0 Å². The SMILES string of the molecule is COC1=C(C)C=C(C2CCC(CN(C(=O)C3CCC(O)CC3)c3cccc(-c4noc(C)n4)c3)CC2)C(C)C1. The predicted molar refractivity (Wildman–Crippen MR) is 152 cm³/mol. The van der Waals surface area contributed by atoms with Gasteiger partial charge in [-0.25, -0.2) is 0 Å². The second kappa shape index (κ2) is 12.1. The Labute approximate surface area is 232 Å². The van der Waals surface area contributed by atoms with Gasteiger partial charge in [-0.1, -0.05) is 35.9 Å². The first-order chi connectivity index (χ1) is 18.8. The second-order valence-corrected chi connectivity index (χ2v) is 11.9. The van der Waals surface area contributed by atoms with Crippen LogP contribution < -0.4 is 4.90 Å². The van der Waals surface area contributed by atoms with Gasteiger partial charge in [0.15, 0.2) is 0 Å². The fraction of sp³-hybridized carbons (Fsp3) is 0.594. The van der Waals surface area contributed by atoms with Crippen LogP contribution in [0.3, 0.4) is 0 Å². The molecule has 0 bridgehead atoms. The van der Waals surface area contributed by atoms with E-state index >= 15 is 0 Å². The van der Waals surface area contributed by atoms with Crippen molar-refractivity contribution in [2.24, 2.45) is 23.7 Å². The van der Waals surface area contributed by atoms with Gasteiger partial charge in [0, 0.05) is 37.1 Å². The van der Waals surface area contributed by atoms with Gasteiger partial charge in [-0.2, -0.15) is 4.98 Å². The van der Waals surface area contributed by atoms with Crippen molar-refractivity contribution in [1.82, 2.24) is 10.1 Å². The smallest absolute Gasteiger partial charge is 0.230 e. The third kappa shape index (κ3) is 6.29. The summed E-state index contributed by atoms with van der Waals surface area (Å²) in [5.41, 5.74) is 4.58. The summed E-state index contributed by atoms with van der Waals surface area (Å²) in [6.07, 6.45) is 10.5. The Hall–Kier alpha value is -2.93. The first-order valence-corrected chi connectivity index (χ1v) is 14.7. The van der Waals surface area contributed by atoms with E-state index in [0.29, 0.717) is 42.3 Å². The zero-order valence-corrected chi connectivity index (χ0v) is 23.9. The number of aromatic nitrogens is 2. The fourth-order valence-corrected chi connectivity index (χ4v) is 6.83. The maximum absolute atomic E-state index is 13.9. The molecule has 1 aromatic carbocycles. The number of aliphatic hydroxyl groups excluding tert-OH is 1. The molecule has 0 spiro atoms. The van der Waals surface area contributed by atoms with Crippen LogP contribution in [0.25, 0.3) is 11.4 Å². The van der Waals surface area contributed by atoms with Crippen LogP contribution in [-0.2, 0) is 9.53 Å². The van der Waals surface area contributed by atoms with E-state index in [9.17, 15) is 9.90 Å². The average Bonchev–Trinajstić information content (AvgIpc) is 3.39. The highest BCUT2D eigenvalue weighted by Crippen LogP contribution is 2.42. The van der Waals surface area contributed by atoms with Crippen molar-refractivity contribution in [2.45, 2.75) is 84.7 Å². The standard InChI is InChI=1S/C32H43N3O4/c1-20-17-30(38-4)21(2)16-29(20)24-10-8-23(9-11-24)19-35(32(37)25-12-14-28(36)15-13-25)27-7-5-6-26(18-27)31-33-22(3)39-34-31/h5-7,16,18,20,23-25,28,36H,8-15,17,19H2,1-4H3. The van der Waals surface area contributed by atoms with Crippen LogP contribution in [0.5, 0.6) is 0 Å². The molecular formula is C32H43N3O4. The number of hydrogen-bond donors (Lipinski definition) is 1. The quantitative estimate of drug-likeness (QED) is 0.430. The number of nitrogens with zero attached hydrogens (tertiary/aromatic N) is 3. The molecule has 210 valence electrons. The molecule has 2 aromatic rings. The van der Waals surface area contributed by atoms with E-state index < -0.39 is 0 Å². The fourth-order valence-electron chi connectivity index (χ4n) is 6.83. The van der Waals surface area contributed by atoms with Crippen molar-refractivity contribution in [1.29, 1.82) is 0 Å². The number of amides is 1. The molecule has 0 aliphatic heterocycles. The van der Waals surface area contributed by atoms with Gasteiger partial charge < -0.3 is 19.3 Å². The normalized spacial score (nSPS) is 27.7. The molecule has 7 heteroatoms. The Morgan fingerprint density at radius 1 is 1.10 bits per heavy atom. The number of carbonyl (C=O) groups excluding carboxylic acids is 1. The van der Waals surface area contributed by atoms with Gasteiger partial charge in [-0.05, 0) is 93.7 Å². The van der Waals surface area contributed by atoms with Crippen molar-refractivity contribution in [3.8, 4) is 11.4 Å². The molecule has 2 saturated carbocycles. The summed E-state index contributed by atoms with van der Waals surface area (Å²) < 4.78 is 10.8. The summed E-state index contributed by atoms with van der Waals surface area (Å²) in [7, 11) is 1.77. The van der Waals surface area contributed by atoms with E-state index in [2.05, 4.69) is 30.1 Å². The van der Waals surface area contributed by atoms with Gasteiger partial charge in [0.25, 0.3) is 0 Å². The molecule has 1 atom stereocenters. The zero-order valence-electron chi connectivity index (χ0n) is 23.9. The van der Waals surface area contributed by atoms with E-state index in [-0.39, 0.29) is 17.9 Å². The minimum Gasteiger partial charge on any atom is -0.501 e. The number of hydrogen-bond acceptors (Lipinski definition) is 6. The molecule has 1 heterocycles. The Balaban J connectivity index is 1.32. The monoisotopic (exact) mass is 533 g/mol. The number of allylic oxidation sites excluding steroid dienone is 4. The number of carbonyl (C=O) groups is 1. The number of aryl methyl sites for hydroxylation is 1. The Morgan fingerprint density at radius 2 is 1.85 bits per heavy atom. The number of methoxy groups -OCH3 is 1. The number of ether oxygens (including phenoxy) is 1. The Kier molecular flexibility index (Phi) is 8.55. The molecule has 0 radical (unpaired) electrons. The van der Waals surface area contributed by atoms with E-state index in [1.165, 1.54) is 5.57 Å². The average molecular weight is 534 g/mol. The van der Waals surface area contributed by atoms with Crippen LogP contribution in [0.2, 0.25) is 0 Å². The van der Waals surface area contributed by atoms with Gasteiger partial charge >= 0.3 is 0 Å². The van der Waals surface area contributed by atoms with Gasteiger partial charge in [0.05, 0.1) is 19.0 Å². The summed E-state index contributed by atoms with van der Waals surface area (Å²) in [5.74, 6) is 3.90. The minimum absolute atomic E-state index is 0.0428. The molecule has 3 aliphatic carbocycles. The molecule has 3 aliphatic rings. The van der Waals surface area contributed by atoms with Crippen LogP contribution in [0, 0.1) is 30.6 Å². The molecule has 1 N–H and O–H groups in total. The molecule has 0 saturated heterocycles. The van der Waals surface area contributed by atoms with Crippen LogP contribution in [0.4, 0.5) is 5.69 Å². The number of anilines is 1. The van der Waals surface area contributed by atoms with E-state index in [4.69, 9.17) is 9.26 Å². The molecule has 5 rings (SSSR count). The van der Waals surface area contributed by atoms with Crippen LogP contribution in [-0.4, -0.2) is 40.9 Å². The first-order valence-electron chi connectivity index (χ1n) is 14.7. The highest BCUT2D eigenvalue weighted by molar-refractivity contribution is 5.95. The van der Waals surface area contributed by atoms with Gasteiger partial charge in [0.2, 0.25) is 17.6 Å². The van der Waals surface area contributed by atoms with Gasteiger partial charge in [-0.15, -0.1) is 0 Å². The molecule has 1 unspecified atom stereocenters. The van der Waals surface area contributed by atoms with Crippen molar-refractivity contribution >= 4 is 11.6 Å². The molecular weight excluding hydrogens is 490 g/mol. The Bertz CT molecular complexity index is 1220. The third-order valence-corrected chi connectivity index (χ3v) is 9.14. The summed E-state index contributed by atoms with van der Waals surface area (Å²) in [4.78, 5) is 20.4. The van der Waals surface area contributed by atoms with Gasteiger partial charge in [-0.3, -0.25) is 4.79 Å². The maximum Gasteiger partial charge on any atom is 0.230 e. The van der Waals surface area contributed by atoms with Crippen molar-refractivity contribution in [3.63, 3.8) is 0 Å². The van der Waals surface area contributed by atoms with Crippen LogP contribution >= 0.6 is 0 Å². The zero-order chi connectivity index (χ0) is 27.5. The van der Waals surface area contributed by atoms with Crippen molar-refractivity contribution in [3.05, 3.63) is 53.1 Å². The van der Waals surface area contributed by atoms with Crippen molar-refractivity contribution in [2.75, 3.05) is 18.6 Å². The minimum atomic E-state index is -0.280. The first kappa shape index (κ1) is 27.6. The molecule has 1 aromatic heterocycles. The Morgan fingerprint density at radius 3 is 2.51 bits per heavy atom. The second-order valence-electron chi connectivity index (χ2n) is 11.9. The highest BCUT2D eigenvalue weighted by atomic mass is 16.5. The van der Waals surface area contributed by atoms with E-state index in [0.717, 1.165) is 68.5 Å². The van der Waals surface area contributed by atoms with Crippen LogP contribution in [0.15, 0.2) is 51.8 Å². The molecule has 7 nitrogen and oxygen atoms in total. The number of benzene rings is 1. The highest BCUT2D eigenvalue weighted by Gasteiger charge is 2.34. The van der Waals surface area contributed by atoms with E-state index in [1.54, 1.807) is 19.6 Å². The molecule has 2 fully saturated rings. The predicted octanol–water partition coefficient (Wildman–Crippen LogP) is 6.62. The summed E-state index contributed by atoms with van der Waals surface area (Å²) >= 11 is 0.